The molecule has 0 amide bonds. The molecule has 4 aromatic rings. The highest BCUT2D eigenvalue weighted by Gasteiger charge is 2.32. The zero-order valence-corrected chi connectivity index (χ0v) is 20.0. The van der Waals surface area contributed by atoms with Crippen LogP contribution in [0.3, 0.4) is 0 Å². The number of pyridine rings is 1. The minimum Gasteiger partial charge on any atom is -0.388 e. The van der Waals surface area contributed by atoms with Crippen molar-refractivity contribution < 1.29 is 13.9 Å². The fraction of sp³-hybridized carbons (Fsp3) is 0.258. The van der Waals surface area contributed by atoms with Gasteiger partial charge in [-0.15, -0.1) is 0 Å². The smallest absolute Gasteiger partial charge is 0.153 e. The SMILES string of the molecule is CC(C)c1nc2c(c(-c3ccc(F)cc3)c1C(F)c1ccc(-c3ccccc3)cc1)C(O)CCC2. The molecule has 3 aromatic carbocycles. The Labute approximate surface area is 205 Å². The number of hydrogen-bond acceptors (Lipinski definition) is 2. The fourth-order valence-corrected chi connectivity index (χ4v) is 5.11. The molecule has 0 spiro atoms. The maximum atomic E-state index is 16.5. The summed E-state index contributed by atoms with van der Waals surface area (Å²) in [7, 11) is 0. The van der Waals surface area contributed by atoms with Crippen molar-refractivity contribution in [3.63, 3.8) is 0 Å². The Morgan fingerprint density at radius 3 is 2.14 bits per heavy atom. The standard InChI is InChI=1S/C31H29F2NO/c1-19(2)31-29(30(33)23-13-11-21(12-14-23)20-7-4-3-5-8-20)27(22-15-17-24(32)18-16-22)28-25(34-31)9-6-10-26(28)35/h3-5,7-8,11-19,26,30,35H,6,9-10H2,1-2H3. The van der Waals surface area contributed by atoms with E-state index < -0.39 is 12.3 Å². The molecule has 0 radical (unpaired) electrons. The highest BCUT2D eigenvalue weighted by atomic mass is 19.1. The van der Waals surface area contributed by atoms with Crippen molar-refractivity contribution in [1.29, 1.82) is 0 Å². The number of aliphatic hydroxyl groups excluding tert-OH is 1. The average Bonchev–Trinajstić information content (AvgIpc) is 2.88. The Kier molecular flexibility index (Phi) is 6.48. The number of benzene rings is 3. The zero-order valence-electron chi connectivity index (χ0n) is 20.0. The van der Waals surface area contributed by atoms with Gasteiger partial charge >= 0.3 is 0 Å². The lowest BCUT2D eigenvalue weighted by molar-refractivity contribution is 0.155. The lowest BCUT2D eigenvalue weighted by Gasteiger charge is -2.30. The summed E-state index contributed by atoms with van der Waals surface area (Å²) in [5.74, 6) is -0.369. The van der Waals surface area contributed by atoms with E-state index in [1.807, 2.05) is 68.4 Å². The molecule has 0 fully saturated rings. The Balaban J connectivity index is 1.70. The van der Waals surface area contributed by atoms with E-state index in [9.17, 15) is 9.50 Å². The first-order valence-corrected chi connectivity index (χ1v) is 12.2. The molecule has 178 valence electrons. The van der Waals surface area contributed by atoms with Gasteiger partial charge in [0.1, 0.15) is 5.82 Å². The number of halogens is 2. The van der Waals surface area contributed by atoms with Crippen LogP contribution in [0.4, 0.5) is 8.78 Å². The van der Waals surface area contributed by atoms with Gasteiger partial charge < -0.3 is 5.11 Å². The normalized spacial score (nSPS) is 16.2. The largest absolute Gasteiger partial charge is 0.388 e. The quantitative estimate of drug-likeness (QED) is 0.320. The molecule has 2 nitrogen and oxygen atoms in total. The van der Waals surface area contributed by atoms with Gasteiger partial charge in [-0.25, -0.2) is 8.78 Å². The van der Waals surface area contributed by atoms with Crippen molar-refractivity contribution in [3.05, 3.63) is 113 Å². The van der Waals surface area contributed by atoms with Crippen molar-refractivity contribution in [3.8, 4) is 22.3 Å². The second-order valence-corrected chi connectivity index (χ2v) is 9.57. The van der Waals surface area contributed by atoms with Crippen molar-refractivity contribution in [2.45, 2.75) is 51.3 Å². The number of aliphatic hydroxyl groups is 1. The second kappa shape index (κ2) is 9.71. The molecule has 0 saturated heterocycles. The van der Waals surface area contributed by atoms with E-state index in [0.29, 0.717) is 39.9 Å². The third-order valence-corrected chi connectivity index (χ3v) is 6.85. The van der Waals surface area contributed by atoms with E-state index in [1.165, 1.54) is 12.1 Å². The number of aromatic nitrogens is 1. The van der Waals surface area contributed by atoms with Gasteiger partial charge in [0.15, 0.2) is 6.17 Å². The summed E-state index contributed by atoms with van der Waals surface area (Å²) >= 11 is 0. The van der Waals surface area contributed by atoms with Crippen LogP contribution < -0.4 is 0 Å². The number of rotatable bonds is 5. The van der Waals surface area contributed by atoms with E-state index in [0.717, 1.165) is 29.7 Å². The molecule has 0 bridgehead atoms. The first-order valence-electron chi connectivity index (χ1n) is 12.2. The number of alkyl halides is 1. The van der Waals surface area contributed by atoms with Crippen LogP contribution in [-0.2, 0) is 6.42 Å². The molecule has 1 heterocycles. The van der Waals surface area contributed by atoms with Crippen LogP contribution in [0, 0.1) is 5.82 Å². The molecule has 35 heavy (non-hydrogen) atoms. The minimum absolute atomic E-state index is 0.0181. The predicted octanol–water partition coefficient (Wildman–Crippen LogP) is 8.11. The summed E-state index contributed by atoms with van der Waals surface area (Å²) in [6, 6.07) is 23.6. The van der Waals surface area contributed by atoms with Crippen molar-refractivity contribution in [1.82, 2.24) is 4.98 Å². The van der Waals surface area contributed by atoms with Crippen molar-refractivity contribution in [2.24, 2.45) is 0 Å². The summed E-state index contributed by atoms with van der Waals surface area (Å²) < 4.78 is 30.3. The maximum Gasteiger partial charge on any atom is 0.153 e. The third-order valence-electron chi connectivity index (χ3n) is 6.85. The average molecular weight is 470 g/mol. The minimum atomic E-state index is -1.44. The summed E-state index contributed by atoms with van der Waals surface area (Å²) in [4.78, 5) is 4.90. The fourth-order valence-electron chi connectivity index (χ4n) is 5.11. The lowest BCUT2D eigenvalue weighted by atomic mass is 9.80. The summed E-state index contributed by atoms with van der Waals surface area (Å²) in [5, 5.41) is 11.0. The Morgan fingerprint density at radius 1 is 0.857 bits per heavy atom. The van der Waals surface area contributed by atoms with E-state index in [2.05, 4.69) is 0 Å². The van der Waals surface area contributed by atoms with Gasteiger partial charge in [0.25, 0.3) is 0 Å². The highest BCUT2D eigenvalue weighted by molar-refractivity contribution is 5.75. The van der Waals surface area contributed by atoms with E-state index in [4.69, 9.17) is 4.98 Å². The van der Waals surface area contributed by atoms with Gasteiger partial charge in [-0.05, 0) is 65.1 Å². The molecular formula is C31H29F2NO. The van der Waals surface area contributed by atoms with Crippen LogP contribution >= 0.6 is 0 Å². The van der Waals surface area contributed by atoms with Gasteiger partial charge in [-0.3, -0.25) is 4.98 Å². The first kappa shape index (κ1) is 23.4. The van der Waals surface area contributed by atoms with Crippen LogP contribution in [0.2, 0.25) is 0 Å². The summed E-state index contributed by atoms with van der Waals surface area (Å²) in [6.07, 6.45) is 0.0131. The molecule has 1 N–H and O–H groups in total. The third kappa shape index (κ3) is 4.51. The molecule has 0 saturated carbocycles. The van der Waals surface area contributed by atoms with Gasteiger partial charge in [0.05, 0.1) is 11.8 Å². The van der Waals surface area contributed by atoms with Crippen LogP contribution in [0.25, 0.3) is 22.3 Å². The molecule has 2 unspecified atom stereocenters. The maximum absolute atomic E-state index is 16.5. The Bertz CT molecular complexity index is 1320. The summed E-state index contributed by atoms with van der Waals surface area (Å²) in [5.41, 5.74) is 6.65. The molecular weight excluding hydrogens is 440 g/mol. The van der Waals surface area contributed by atoms with Gasteiger partial charge in [0, 0.05) is 16.8 Å². The number of hydrogen-bond donors (Lipinski definition) is 1. The number of fused-ring (bicyclic) bond motifs is 1. The van der Waals surface area contributed by atoms with Crippen LogP contribution in [-0.4, -0.2) is 10.1 Å². The van der Waals surface area contributed by atoms with E-state index >= 15 is 4.39 Å². The Morgan fingerprint density at radius 2 is 1.49 bits per heavy atom. The van der Waals surface area contributed by atoms with Crippen LogP contribution in [0.15, 0.2) is 78.9 Å². The molecule has 2 atom stereocenters. The van der Waals surface area contributed by atoms with Gasteiger partial charge in [-0.2, -0.15) is 0 Å². The van der Waals surface area contributed by atoms with Crippen LogP contribution in [0.5, 0.6) is 0 Å². The molecule has 1 aliphatic rings. The molecule has 1 aromatic heterocycles. The number of nitrogens with zero attached hydrogens (tertiary/aromatic N) is 1. The zero-order chi connectivity index (χ0) is 24.5. The lowest BCUT2D eigenvalue weighted by Crippen LogP contribution is -2.18. The molecule has 1 aliphatic carbocycles. The highest BCUT2D eigenvalue weighted by Crippen LogP contribution is 2.46. The topological polar surface area (TPSA) is 33.1 Å². The molecule has 0 aliphatic heterocycles. The monoisotopic (exact) mass is 469 g/mol. The summed E-state index contributed by atoms with van der Waals surface area (Å²) in [6.45, 7) is 4.02. The Hall–Kier alpha value is -3.37. The van der Waals surface area contributed by atoms with Crippen LogP contribution in [0.1, 0.15) is 73.0 Å². The van der Waals surface area contributed by atoms with E-state index in [1.54, 1.807) is 12.1 Å². The predicted molar refractivity (Wildman–Crippen MR) is 136 cm³/mol. The van der Waals surface area contributed by atoms with Crippen molar-refractivity contribution in [2.75, 3.05) is 0 Å². The van der Waals surface area contributed by atoms with Gasteiger partial charge in [-0.1, -0.05) is 80.6 Å². The number of aryl methyl sites for hydroxylation is 1. The van der Waals surface area contributed by atoms with Crippen molar-refractivity contribution >= 4 is 0 Å². The van der Waals surface area contributed by atoms with Gasteiger partial charge in [0.2, 0.25) is 0 Å². The second-order valence-electron chi connectivity index (χ2n) is 9.57. The van der Waals surface area contributed by atoms with E-state index in [-0.39, 0.29) is 11.7 Å². The molecule has 4 heteroatoms. The first-order chi connectivity index (χ1) is 16.9. The molecule has 5 rings (SSSR count).